The maximum absolute atomic E-state index is 13.6. The van der Waals surface area contributed by atoms with Gasteiger partial charge in [-0.1, -0.05) is 52.9 Å². The molecule has 0 fully saturated rings. The fourth-order valence-corrected chi connectivity index (χ4v) is 2.64. The number of methoxy groups -OCH3 is 1. The number of rotatable bonds is 6. The maximum Gasteiger partial charge on any atom is 0.128 e. The van der Waals surface area contributed by atoms with Gasteiger partial charge < -0.3 is 9.47 Å². The van der Waals surface area contributed by atoms with Gasteiger partial charge in [0.25, 0.3) is 0 Å². The second kappa shape index (κ2) is 7.59. The highest BCUT2D eigenvalue weighted by atomic mass is 127. The van der Waals surface area contributed by atoms with Gasteiger partial charge in [0.15, 0.2) is 0 Å². The van der Waals surface area contributed by atoms with Gasteiger partial charge in [-0.3, -0.25) is 0 Å². The van der Waals surface area contributed by atoms with Crippen LogP contribution in [0, 0.1) is 5.82 Å². The molecule has 0 aliphatic carbocycles. The van der Waals surface area contributed by atoms with Crippen LogP contribution in [-0.4, -0.2) is 11.5 Å². The normalized spacial score (nSPS) is 12.2. The number of alkyl halides is 1. The monoisotopic (exact) mass is 386 g/mol. The van der Waals surface area contributed by atoms with E-state index in [0.717, 1.165) is 15.7 Å². The maximum atomic E-state index is 13.6. The Kier molecular flexibility index (Phi) is 5.79. The molecule has 0 saturated carbocycles. The Labute approximate surface area is 132 Å². The van der Waals surface area contributed by atoms with E-state index < -0.39 is 0 Å². The number of halogens is 2. The molecule has 2 aromatic carbocycles. The summed E-state index contributed by atoms with van der Waals surface area (Å²) >= 11 is 2.27. The summed E-state index contributed by atoms with van der Waals surface area (Å²) in [6, 6.07) is 14.4. The van der Waals surface area contributed by atoms with Crippen LogP contribution in [-0.2, 0) is 11.3 Å². The van der Waals surface area contributed by atoms with Crippen LogP contribution >= 0.6 is 22.6 Å². The Bertz CT molecular complexity index is 560. The molecule has 0 aliphatic rings. The Morgan fingerprint density at radius 3 is 2.65 bits per heavy atom. The third kappa shape index (κ3) is 3.93. The molecular formula is C16H16FIO2. The molecule has 1 unspecified atom stereocenters. The van der Waals surface area contributed by atoms with Crippen LogP contribution in [0.4, 0.5) is 4.39 Å². The standard InChI is InChI=1S/C16H16FIO2/c1-19-14-7-4-6-12(9-14)16(10-18)20-11-13-5-2-3-8-15(13)17/h2-9,16H,10-11H2,1H3. The lowest BCUT2D eigenvalue weighted by atomic mass is 10.1. The predicted molar refractivity (Wildman–Crippen MR) is 85.8 cm³/mol. The van der Waals surface area contributed by atoms with Gasteiger partial charge in [-0.25, -0.2) is 4.39 Å². The van der Waals surface area contributed by atoms with Crippen molar-refractivity contribution in [2.45, 2.75) is 12.7 Å². The summed E-state index contributed by atoms with van der Waals surface area (Å²) in [6.45, 7) is 0.261. The minimum atomic E-state index is -0.231. The number of hydrogen-bond acceptors (Lipinski definition) is 2. The summed E-state index contributed by atoms with van der Waals surface area (Å²) in [5, 5.41) is 0. The summed E-state index contributed by atoms with van der Waals surface area (Å²) in [5.74, 6) is 0.567. The van der Waals surface area contributed by atoms with E-state index in [1.165, 1.54) is 6.07 Å². The first kappa shape index (κ1) is 15.3. The largest absolute Gasteiger partial charge is 0.497 e. The van der Waals surface area contributed by atoms with Gasteiger partial charge in [-0.15, -0.1) is 0 Å². The van der Waals surface area contributed by atoms with E-state index in [4.69, 9.17) is 9.47 Å². The van der Waals surface area contributed by atoms with E-state index in [-0.39, 0.29) is 18.5 Å². The van der Waals surface area contributed by atoms with Crippen LogP contribution in [0.3, 0.4) is 0 Å². The van der Waals surface area contributed by atoms with Crippen molar-refractivity contribution in [3.8, 4) is 5.75 Å². The highest BCUT2D eigenvalue weighted by molar-refractivity contribution is 14.1. The molecular weight excluding hydrogens is 370 g/mol. The summed E-state index contributed by atoms with van der Waals surface area (Å²) in [7, 11) is 1.64. The zero-order valence-electron chi connectivity index (χ0n) is 11.2. The summed E-state index contributed by atoms with van der Waals surface area (Å²) in [4.78, 5) is 0. The molecule has 0 amide bonds. The SMILES string of the molecule is COc1cccc(C(CI)OCc2ccccc2F)c1. The lowest BCUT2D eigenvalue weighted by Crippen LogP contribution is -2.07. The average molecular weight is 386 g/mol. The van der Waals surface area contributed by atoms with E-state index in [0.29, 0.717) is 5.56 Å². The molecule has 0 aliphatic heterocycles. The highest BCUT2D eigenvalue weighted by Crippen LogP contribution is 2.25. The van der Waals surface area contributed by atoms with E-state index in [2.05, 4.69) is 22.6 Å². The molecule has 1 atom stereocenters. The third-order valence-electron chi connectivity index (χ3n) is 3.00. The number of ether oxygens (including phenoxy) is 2. The molecule has 2 rings (SSSR count). The van der Waals surface area contributed by atoms with Crippen molar-refractivity contribution < 1.29 is 13.9 Å². The molecule has 0 spiro atoms. The van der Waals surface area contributed by atoms with Crippen LogP contribution in [0.5, 0.6) is 5.75 Å². The fraction of sp³-hybridized carbons (Fsp3) is 0.250. The smallest absolute Gasteiger partial charge is 0.128 e. The van der Waals surface area contributed by atoms with Crippen molar-refractivity contribution in [3.63, 3.8) is 0 Å². The Morgan fingerprint density at radius 2 is 1.95 bits per heavy atom. The van der Waals surface area contributed by atoms with Gasteiger partial charge in [0.1, 0.15) is 11.6 Å². The van der Waals surface area contributed by atoms with Crippen molar-refractivity contribution in [2.75, 3.05) is 11.5 Å². The molecule has 0 N–H and O–H groups in total. The lowest BCUT2D eigenvalue weighted by Gasteiger charge is -2.17. The lowest BCUT2D eigenvalue weighted by molar-refractivity contribution is 0.0558. The Hall–Kier alpha value is -1.14. The zero-order chi connectivity index (χ0) is 14.4. The first-order valence-electron chi connectivity index (χ1n) is 6.29. The van der Waals surface area contributed by atoms with Crippen LogP contribution in [0.1, 0.15) is 17.2 Å². The summed E-state index contributed by atoms with van der Waals surface area (Å²) in [6.07, 6.45) is -0.0784. The molecule has 0 radical (unpaired) electrons. The van der Waals surface area contributed by atoms with Crippen molar-refractivity contribution >= 4 is 22.6 Å². The van der Waals surface area contributed by atoms with Crippen molar-refractivity contribution in [1.82, 2.24) is 0 Å². The topological polar surface area (TPSA) is 18.5 Å². The van der Waals surface area contributed by atoms with Gasteiger partial charge in [-0.2, -0.15) is 0 Å². The van der Waals surface area contributed by atoms with Gasteiger partial charge >= 0.3 is 0 Å². The fourth-order valence-electron chi connectivity index (χ4n) is 1.88. The van der Waals surface area contributed by atoms with Crippen LogP contribution in [0.25, 0.3) is 0 Å². The second-order valence-electron chi connectivity index (χ2n) is 4.32. The third-order valence-corrected chi connectivity index (χ3v) is 3.80. The molecule has 4 heteroatoms. The van der Waals surface area contributed by atoms with Gasteiger partial charge in [-0.05, 0) is 23.8 Å². The van der Waals surface area contributed by atoms with Crippen molar-refractivity contribution in [3.05, 3.63) is 65.5 Å². The minimum absolute atomic E-state index is 0.0784. The quantitative estimate of drug-likeness (QED) is 0.537. The molecule has 106 valence electrons. The van der Waals surface area contributed by atoms with Crippen molar-refractivity contribution in [1.29, 1.82) is 0 Å². The first-order valence-corrected chi connectivity index (χ1v) is 7.82. The van der Waals surface area contributed by atoms with Crippen LogP contribution in [0.15, 0.2) is 48.5 Å². The summed E-state index contributed by atoms with van der Waals surface area (Å²) < 4.78 is 25.4. The molecule has 0 heterocycles. The highest BCUT2D eigenvalue weighted by Gasteiger charge is 2.12. The van der Waals surface area contributed by atoms with Gasteiger partial charge in [0.05, 0.1) is 19.8 Å². The van der Waals surface area contributed by atoms with Gasteiger partial charge in [0.2, 0.25) is 0 Å². The molecule has 0 saturated heterocycles. The minimum Gasteiger partial charge on any atom is -0.497 e. The summed E-state index contributed by atoms with van der Waals surface area (Å²) in [5.41, 5.74) is 1.61. The van der Waals surface area contributed by atoms with E-state index in [1.54, 1.807) is 19.2 Å². The van der Waals surface area contributed by atoms with Crippen LogP contribution in [0.2, 0.25) is 0 Å². The molecule has 0 bridgehead atoms. The van der Waals surface area contributed by atoms with Gasteiger partial charge in [0, 0.05) is 9.99 Å². The number of hydrogen-bond donors (Lipinski definition) is 0. The molecule has 0 aromatic heterocycles. The van der Waals surface area contributed by atoms with Crippen LogP contribution < -0.4 is 4.74 Å². The zero-order valence-corrected chi connectivity index (χ0v) is 13.3. The Balaban J connectivity index is 2.07. The predicted octanol–water partition coefficient (Wildman–Crippen LogP) is 4.53. The van der Waals surface area contributed by atoms with E-state index in [9.17, 15) is 4.39 Å². The number of benzene rings is 2. The van der Waals surface area contributed by atoms with Crippen molar-refractivity contribution in [2.24, 2.45) is 0 Å². The molecule has 2 nitrogen and oxygen atoms in total. The van der Waals surface area contributed by atoms with E-state index >= 15 is 0 Å². The molecule has 20 heavy (non-hydrogen) atoms. The Morgan fingerprint density at radius 1 is 1.15 bits per heavy atom. The molecule has 2 aromatic rings. The average Bonchev–Trinajstić information content (AvgIpc) is 2.50. The van der Waals surface area contributed by atoms with E-state index in [1.807, 2.05) is 30.3 Å². The second-order valence-corrected chi connectivity index (χ2v) is 5.20. The first-order chi connectivity index (χ1) is 9.74.